The van der Waals surface area contributed by atoms with Crippen LogP contribution in [0.5, 0.6) is 0 Å². The molecular formula is C12H26N2O2S. The predicted molar refractivity (Wildman–Crippen MR) is 71.6 cm³/mol. The van der Waals surface area contributed by atoms with E-state index >= 15 is 0 Å². The van der Waals surface area contributed by atoms with E-state index in [1.54, 1.807) is 4.31 Å². The third-order valence-corrected chi connectivity index (χ3v) is 4.92. The molecule has 1 fully saturated rings. The Morgan fingerprint density at radius 1 is 1.35 bits per heavy atom. The summed E-state index contributed by atoms with van der Waals surface area (Å²) in [6.45, 7) is 8.60. The van der Waals surface area contributed by atoms with Crippen molar-refractivity contribution < 1.29 is 8.42 Å². The summed E-state index contributed by atoms with van der Waals surface area (Å²) in [7, 11) is -3.06. The number of piperidine rings is 1. The summed E-state index contributed by atoms with van der Waals surface area (Å²) in [6, 6.07) is 0.886. The average Bonchev–Trinajstić information content (AvgIpc) is 2.24. The van der Waals surface area contributed by atoms with Gasteiger partial charge in [0.25, 0.3) is 0 Å². The van der Waals surface area contributed by atoms with Gasteiger partial charge < -0.3 is 0 Å². The highest BCUT2D eigenvalue weighted by atomic mass is 32.2. The lowest BCUT2D eigenvalue weighted by atomic mass is 10.0. The monoisotopic (exact) mass is 262 g/mol. The van der Waals surface area contributed by atoms with Gasteiger partial charge in [0, 0.05) is 25.2 Å². The normalized spacial score (nSPS) is 23.5. The molecule has 1 heterocycles. The van der Waals surface area contributed by atoms with Crippen LogP contribution in [-0.4, -0.2) is 55.6 Å². The van der Waals surface area contributed by atoms with Gasteiger partial charge in [-0.25, -0.2) is 12.7 Å². The molecule has 0 aromatic rings. The quantitative estimate of drug-likeness (QED) is 0.754. The summed E-state index contributed by atoms with van der Waals surface area (Å²) in [5.41, 5.74) is 0. The SMILES string of the molecule is CCN(CC1CCCCN1C(C)C)S(C)(=O)=O. The van der Waals surface area contributed by atoms with Crippen molar-refractivity contribution in [2.75, 3.05) is 25.9 Å². The molecule has 0 spiro atoms. The van der Waals surface area contributed by atoms with Gasteiger partial charge in [-0.05, 0) is 33.2 Å². The van der Waals surface area contributed by atoms with Crippen molar-refractivity contribution in [1.29, 1.82) is 0 Å². The fraction of sp³-hybridized carbons (Fsp3) is 1.00. The van der Waals surface area contributed by atoms with Crippen LogP contribution in [0.2, 0.25) is 0 Å². The molecule has 17 heavy (non-hydrogen) atoms. The number of likely N-dealkylation sites (N-methyl/N-ethyl adjacent to an activating group) is 1. The van der Waals surface area contributed by atoms with Crippen LogP contribution in [0, 0.1) is 0 Å². The summed E-state index contributed by atoms with van der Waals surface area (Å²) in [5, 5.41) is 0. The Bertz CT molecular complexity index is 327. The second kappa shape index (κ2) is 6.16. The van der Waals surface area contributed by atoms with Crippen LogP contribution in [0.3, 0.4) is 0 Å². The molecule has 0 saturated carbocycles. The van der Waals surface area contributed by atoms with E-state index in [-0.39, 0.29) is 0 Å². The Labute approximate surface area is 106 Å². The summed E-state index contributed by atoms with van der Waals surface area (Å²) in [4.78, 5) is 2.44. The van der Waals surface area contributed by atoms with E-state index in [9.17, 15) is 8.42 Å². The molecule has 4 nitrogen and oxygen atoms in total. The minimum absolute atomic E-state index is 0.387. The van der Waals surface area contributed by atoms with Crippen molar-refractivity contribution >= 4 is 10.0 Å². The van der Waals surface area contributed by atoms with Crippen LogP contribution in [0.15, 0.2) is 0 Å². The van der Waals surface area contributed by atoms with E-state index in [0.717, 1.165) is 13.0 Å². The highest BCUT2D eigenvalue weighted by Crippen LogP contribution is 2.21. The molecule has 1 unspecified atom stereocenters. The number of nitrogens with zero attached hydrogens (tertiary/aromatic N) is 2. The minimum atomic E-state index is -3.06. The fourth-order valence-electron chi connectivity index (χ4n) is 2.63. The molecular weight excluding hydrogens is 236 g/mol. The van der Waals surface area contributed by atoms with E-state index in [2.05, 4.69) is 18.7 Å². The number of likely N-dealkylation sites (tertiary alicyclic amines) is 1. The minimum Gasteiger partial charge on any atom is -0.297 e. The van der Waals surface area contributed by atoms with Crippen molar-refractivity contribution in [2.45, 2.75) is 52.1 Å². The smallest absolute Gasteiger partial charge is 0.211 e. The Morgan fingerprint density at radius 3 is 2.47 bits per heavy atom. The van der Waals surface area contributed by atoms with Crippen LogP contribution in [0.25, 0.3) is 0 Å². The van der Waals surface area contributed by atoms with Gasteiger partial charge in [0.05, 0.1) is 6.26 Å². The van der Waals surface area contributed by atoms with Gasteiger partial charge in [-0.1, -0.05) is 13.3 Å². The van der Waals surface area contributed by atoms with Gasteiger partial charge in [0.15, 0.2) is 0 Å². The lowest BCUT2D eigenvalue weighted by Gasteiger charge is -2.40. The molecule has 0 bridgehead atoms. The molecule has 1 aliphatic rings. The fourth-order valence-corrected chi connectivity index (χ4v) is 3.54. The highest BCUT2D eigenvalue weighted by molar-refractivity contribution is 7.88. The molecule has 0 amide bonds. The summed E-state index contributed by atoms with van der Waals surface area (Å²) < 4.78 is 24.8. The summed E-state index contributed by atoms with van der Waals surface area (Å²) in [6.07, 6.45) is 4.87. The van der Waals surface area contributed by atoms with E-state index in [0.29, 0.717) is 25.2 Å². The van der Waals surface area contributed by atoms with Crippen LogP contribution in [-0.2, 0) is 10.0 Å². The zero-order valence-electron chi connectivity index (χ0n) is 11.5. The summed E-state index contributed by atoms with van der Waals surface area (Å²) in [5.74, 6) is 0. The van der Waals surface area contributed by atoms with Crippen molar-refractivity contribution in [1.82, 2.24) is 9.21 Å². The van der Waals surface area contributed by atoms with E-state index in [1.807, 2.05) is 6.92 Å². The Kier molecular flexibility index (Phi) is 5.41. The van der Waals surface area contributed by atoms with E-state index in [4.69, 9.17) is 0 Å². The summed E-state index contributed by atoms with van der Waals surface area (Å²) >= 11 is 0. The first-order chi connectivity index (χ1) is 7.86. The maximum Gasteiger partial charge on any atom is 0.211 e. The van der Waals surface area contributed by atoms with E-state index < -0.39 is 10.0 Å². The molecule has 1 saturated heterocycles. The maximum atomic E-state index is 11.6. The third-order valence-electron chi connectivity index (χ3n) is 3.57. The lowest BCUT2D eigenvalue weighted by Crippen LogP contribution is -2.50. The zero-order chi connectivity index (χ0) is 13.1. The number of hydrogen-bond donors (Lipinski definition) is 0. The first-order valence-electron chi connectivity index (χ1n) is 6.57. The topological polar surface area (TPSA) is 40.6 Å². The first kappa shape index (κ1) is 14.9. The number of sulfonamides is 1. The molecule has 1 rings (SSSR count). The van der Waals surface area contributed by atoms with Gasteiger partial charge in [0.2, 0.25) is 10.0 Å². The molecule has 0 aromatic heterocycles. The van der Waals surface area contributed by atoms with Crippen molar-refractivity contribution in [3.8, 4) is 0 Å². The molecule has 102 valence electrons. The molecule has 0 aromatic carbocycles. The molecule has 0 radical (unpaired) electrons. The molecule has 0 aliphatic carbocycles. The predicted octanol–water partition coefficient (Wildman–Crippen LogP) is 1.53. The van der Waals surface area contributed by atoms with Gasteiger partial charge in [-0.3, -0.25) is 4.90 Å². The van der Waals surface area contributed by atoms with Crippen molar-refractivity contribution in [3.63, 3.8) is 0 Å². The lowest BCUT2D eigenvalue weighted by molar-refractivity contribution is 0.0972. The van der Waals surface area contributed by atoms with Crippen molar-refractivity contribution in [3.05, 3.63) is 0 Å². The number of rotatable bonds is 5. The van der Waals surface area contributed by atoms with Gasteiger partial charge >= 0.3 is 0 Å². The average molecular weight is 262 g/mol. The second-order valence-electron chi connectivity index (χ2n) is 5.19. The van der Waals surface area contributed by atoms with Crippen molar-refractivity contribution in [2.24, 2.45) is 0 Å². The van der Waals surface area contributed by atoms with Gasteiger partial charge in [-0.2, -0.15) is 0 Å². The number of hydrogen-bond acceptors (Lipinski definition) is 3. The largest absolute Gasteiger partial charge is 0.297 e. The van der Waals surface area contributed by atoms with Crippen LogP contribution < -0.4 is 0 Å². The Morgan fingerprint density at radius 2 is 2.00 bits per heavy atom. The second-order valence-corrected chi connectivity index (χ2v) is 7.18. The third kappa shape index (κ3) is 4.23. The first-order valence-corrected chi connectivity index (χ1v) is 8.42. The Hall–Kier alpha value is -0.130. The maximum absolute atomic E-state index is 11.6. The molecule has 1 aliphatic heterocycles. The van der Waals surface area contributed by atoms with Gasteiger partial charge in [-0.15, -0.1) is 0 Å². The van der Waals surface area contributed by atoms with E-state index in [1.165, 1.54) is 19.1 Å². The van der Waals surface area contributed by atoms with Crippen LogP contribution in [0.4, 0.5) is 0 Å². The van der Waals surface area contributed by atoms with Crippen LogP contribution >= 0.6 is 0 Å². The zero-order valence-corrected chi connectivity index (χ0v) is 12.3. The standard InChI is InChI=1S/C12H26N2O2S/c1-5-13(17(4,15)16)10-12-8-6-7-9-14(12)11(2)3/h11-12H,5-10H2,1-4H3. The highest BCUT2D eigenvalue weighted by Gasteiger charge is 2.28. The molecule has 5 heteroatoms. The molecule has 0 N–H and O–H groups in total. The van der Waals surface area contributed by atoms with Crippen LogP contribution in [0.1, 0.15) is 40.0 Å². The Balaban J connectivity index is 2.70. The van der Waals surface area contributed by atoms with Gasteiger partial charge in [0.1, 0.15) is 0 Å². The molecule has 1 atom stereocenters.